The molecule has 40 heteroatoms. The van der Waals surface area contributed by atoms with E-state index in [9.17, 15) is 121 Å². The van der Waals surface area contributed by atoms with E-state index in [2.05, 4.69) is 47.3 Å². The zero-order chi connectivity index (χ0) is 93.3. The van der Waals surface area contributed by atoms with Crippen LogP contribution in [0.25, 0.3) is 0 Å². The maximum Gasteiger partial charge on any atom is 0.364 e. The predicted octanol–water partition coefficient (Wildman–Crippen LogP) is -0.958. The zero-order valence-electron chi connectivity index (χ0n) is 74.5. The highest BCUT2D eigenvalue weighted by Crippen LogP contribution is 2.42. The van der Waals surface area contributed by atoms with Gasteiger partial charge in [0.15, 0.2) is 31.5 Å². The molecule has 33 atom stereocenters. The molecule has 12 unspecified atom stereocenters. The number of carboxylic acid groups (broad SMARTS) is 1. The maximum atomic E-state index is 13.8. The van der Waals surface area contributed by atoms with Crippen molar-refractivity contribution in [1.29, 1.82) is 0 Å². The summed E-state index contributed by atoms with van der Waals surface area (Å²) in [5.74, 6) is -8.69. The van der Waals surface area contributed by atoms with Gasteiger partial charge in [0.05, 0.1) is 70.5 Å². The number of carbonyl (C=O) groups is 5. The number of rotatable bonds is 61. The van der Waals surface area contributed by atoms with Gasteiger partial charge in [-0.05, 0) is 44.9 Å². The van der Waals surface area contributed by atoms with Crippen molar-refractivity contribution < 1.29 is 178 Å². The summed E-state index contributed by atoms with van der Waals surface area (Å²) in [5.41, 5.74) is 0. The van der Waals surface area contributed by atoms with Gasteiger partial charge in [-0.1, -0.05) is 192 Å². The van der Waals surface area contributed by atoms with Crippen molar-refractivity contribution in [3.8, 4) is 0 Å². The fourth-order valence-corrected chi connectivity index (χ4v) is 17.0. The molecule has 0 spiro atoms. The van der Waals surface area contributed by atoms with Gasteiger partial charge in [-0.3, -0.25) is 19.2 Å². The molecule has 23 N–H and O–H groups in total. The Morgan fingerprint density at radius 3 is 1.27 bits per heavy atom. The molecular weight excluding hydrogens is 1680 g/mol. The highest BCUT2D eigenvalue weighted by molar-refractivity contribution is 5.77. The minimum atomic E-state index is -3.41. The molecule has 738 valence electrons. The predicted molar refractivity (Wildman–Crippen MR) is 450 cm³/mol. The minimum Gasteiger partial charge on any atom is -0.477 e. The second kappa shape index (κ2) is 59.4. The quantitative estimate of drug-likeness (QED) is 0.0258. The Labute approximate surface area is 744 Å². The Morgan fingerprint density at radius 2 is 0.795 bits per heavy atom. The van der Waals surface area contributed by atoms with Gasteiger partial charge >= 0.3 is 5.97 Å². The van der Waals surface area contributed by atoms with E-state index < -0.39 is 278 Å². The first-order chi connectivity index (χ1) is 60.9. The first-order valence-corrected chi connectivity index (χ1v) is 46.2. The Morgan fingerprint density at radius 1 is 0.409 bits per heavy atom. The molecule has 6 fully saturated rings. The second-order valence-corrected chi connectivity index (χ2v) is 34.6. The summed E-state index contributed by atoms with van der Waals surface area (Å²) in [6.07, 6.45) is -15.9. The molecule has 0 aromatic rings. The summed E-state index contributed by atoms with van der Waals surface area (Å²) in [6.45, 7) is 0.0811. The van der Waals surface area contributed by atoms with Crippen LogP contribution < -0.4 is 21.3 Å². The van der Waals surface area contributed by atoms with E-state index in [0.717, 1.165) is 85.0 Å². The van der Waals surface area contributed by atoms with E-state index in [-0.39, 0.29) is 12.3 Å². The van der Waals surface area contributed by atoms with Crippen LogP contribution in [-0.2, 0) is 80.8 Å². The van der Waals surface area contributed by atoms with Crippen molar-refractivity contribution in [3.05, 3.63) is 24.3 Å². The smallest absolute Gasteiger partial charge is 0.364 e. The van der Waals surface area contributed by atoms with E-state index in [1.807, 2.05) is 6.08 Å². The van der Waals surface area contributed by atoms with Gasteiger partial charge < -0.3 is 175 Å². The molecule has 0 bridgehead atoms. The molecule has 0 aromatic heterocycles. The molecule has 0 saturated carbocycles. The van der Waals surface area contributed by atoms with Crippen LogP contribution in [0.15, 0.2) is 24.3 Å². The average Bonchev–Trinajstić information content (AvgIpc) is 0.735. The number of amides is 4. The number of carboxylic acids is 1. The molecule has 0 aromatic carbocycles. The van der Waals surface area contributed by atoms with Gasteiger partial charge in [0.2, 0.25) is 23.6 Å². The van der Waals surface area contributed by atoms with E-state index in [1.54, 1.807) is 6.08 Å². The van der Waals surface area contributed by atoms with E-state index >= 15 is 0 Å². The topological polar surface area (TPSA) is 629 Å². The largest absolute Gasteiger partial charge is 0.477 e. The number of nitrogens with one attached hydrogen (secondary N) is 4. The summed E-state index contributed by atoms with van der Waals surface area (Å²) in [7, 11) is 0. The van der Waals surface area contributed by atoms with Gasteiger partial charge in [-0.25, -0.2) is 4.79 Å². The molecule has 0 aliphatic carbocycles. The molecule has 6 aliphatic heterocycles. The van der Waals surface area contributed by atoms with Crippen LogP contribution in [0.4, 0.5) is 0 Å². The molecule has 4 amide bonds. The third kappa shape index (κ3) is 34.8. The molecule has 6 aliphatic rings. The van der Waals surface area contributed by atoms with Gasteiger partial charge in [0, 0.05) is 33.6 Å². The lowest BCUT2D eigenvalue weighted by molar-refractivity contribution is -0.400. The Kier molecular flexibility index (Phi) is 52.1. The molecule has 6 heterocycles. The number of ether oxygens (including phenoxy) is 12. The standard InChI is InChI=1S/C87H154N4O36/c1-6-8-10-12-14-16-18-20-21-22-23-24-25-26-27-29-31-33-35-37-39-41-62(104)91-53(54(101)40-38-36-34-32-30-28-19-17-15-13-11-9-7-2)49-116-83-72(111)70(109)76(59(46-95)119-83)123-84-73(112)71(110)75(60(47-96)120-84)122-82-65(90-52(5)100)78(68(107)58(45-94)118-82)125-85-74(113)80(77(61(48-97)121-85)124-81-64(89-51(4)99)69(108)67(106)57(44-93)117-81)127-87(86(114)115)42-55(102)63(88-50(3)98)79(126-87)66(105)56(103)43-92/h20-21,38,40,53-61,63-85,92-97,101-103,105-113H,6-19,22-37,39,41-49H2,1-5H3,(H,88,98)(H,89,99)(H,90,100)(H,91,104)(H,114,115)/b21-20-,40-38+/t53-,54+,55?,56+,57?,58?,59?,60?,61?,63+,64?,65?,66+,67-,68-,69+,70+,71+,72?,73?,74?,75-,76+,77-,78+,79?,80+,81-,82-,83+,84-,85-,87-/m0/s1. The van der Waals surface area contributed by atoms with Crippen molar-refractivity contribution in [2.75, 3.05) is 46.2 Å². The van der Waals surface area contributed by atoms with E-state index in [1.165, 1.54) is 122 Å². The summed E-state index contributed by atoms with van der Waals surface area (Å²) in [5, 5.41) is 224. The molecule has 40 nitrogen and oxygen atoms in total. The van der Waals surface area contributed by atoms with Crippen LogP contribution in [0.1, 0.15) is 247 Å². The van der Waals surface area contributed by atoms with Crippen molar-refractivity contribution in [2.24, 2.45) is 0 Å². The normalized spacial score (nSPS) is 34.7. The van der Waals surface area contributed by atoms with Crippen LogP contribution in [0.5, 0.6) is 0 Å². The number of aliphatic carboxylic acids is 1. The third-order valence-electron chi connectivity index (χ3n) is 24.3. The lowest BCUT2D eigenvalue weighted by Crippen LogP contribution is -2.72. The minimum absolute atomic E-state index is 0.152. The number of hydrogen-bond donors (Lipinski definition) is 23. The fraction of sp³-hybridized carbons (Fsp3) is 0.897. The Bertz CT molecular complexity index is 3120. The van der Waals surface area contributed by atoms with Crippen molar-refractivity contribution in [1.82, 2.24) is 21.3 Å². The molecular formula is C87H154N4O36. The number of hydrogen-bond acceptors (Lipinski definition) is 35. The van der Waals surface area contributed by atoms with Crippen molar-refractivity contribution >= 4 is 29.6 Å². The number of aliphatic hydroxyl groups is 18. The zero-order valence-corrected chi connectivity index (χ0v) is 74.5. The Balaban J connectivity index is 1.15. The monoisotopic (exact) mass is 1830 g/mol. The number of carbonyl (C=O) groups excluding carboxylic acids is 4. The summed E-state index contributed by atoms with van der Waals surface area (Å²) in [6, 6.07) is -6.69. The van der Waals surface area contributed by atoms with Crippen LogP contribution in [-0.4, -0.2) is 375 Å². The lowest BCUT2D eigenvalue weighted by Gasteiger charge is -2.53. The summed E-state index contributed by atoms with van der Waals surface area (Å²) < 4.78 is 72.3. The van der Waals surface area contributed by atoms with Gasteiger partial charge in [0.1, 0.15) is 140 Å². The highest BCUT2D eigenvalue weighted by atomic mass is 16.8. The molecule has 0 radical (unpaired) electrons. The van der Waals surface area contributed by atoms with Crippen LogP contribution >= 0.6 is 0 Å². The van der Waals surface area contributed by atoms with Crippen molar-refractivity contribution in [2.45, 2.75) is 448 Å². The van der Waals surface area contributed by atoms with E-state index in [4.69, 9.17) is 56.8 Å². The summed E-state index contributed by atoms with van der Waals surface area (Å²) >= 11 is 0. The number of aliphatic hydroxyl groups excluding tert-OH is 18. The maximum absolute atomic E-state index is 13.8. The molecule has 6 saturated heterocycles. The molecule has 6 rings (SSSR count). The SMILES string of the molecule is CCCCCCCC/C=C\CCCCCCCCCCCCCC(=O)N[C@@H](CO[C@@H]1OC(CO)[C@@H](O[C@@H]2OC(CO)[C@H](O[C@@H]3OC(CO)[C@H](O)[C@H](O[C@@H]4OC(CO)[C@H](O[C@@H]5OC(CO)[C@H](O)[C@H](O)C5NC(C)=O)[C@H](O[C@]5(C(=O)O)CC(O)[C@@H](NC(C)=O)C([C@H](O)[C@H](O)CO)O5)C4O)C3NC(C)=O)[C@H](O)C2O)[C@H](O)C1O)[C@H](O)/C=C/CCCCCCCCCCCCC. The first-order valence-electron chi connectivity index (χ1n) is 46.2. The lowest BCUT2D eigenvalue weighted by atomic mass is 9.88. The highest BCUT2D eigenvalue weighted by Gasteiger charge is 2.63. The third-order valence-corrected chi connectivity index (χ3v) is 24.3. The van der Waals surface area contributed by atoms with Crippen molar-refractivity contribution in [3.63, 3.8) is 0 Å². The fourth-order valence-electron chi connectivity index (χ4n) is 17.0. The van der Waals surface area contributed by atoms with Crippen LogP contribution in [0.2, 0.25) is 0 Å². The Hall–Kier alpha value is -4.37. The second-order valence-electron chi connectivity index (χ2n) is 34.6. The first kappa shape index (κ1) is 111. The average molecular weight is 1830 g/mol. The number of unbranched alkanes of at least 4 members (excludes halogenated alkanes) is 28. The van der Waals surface area contributed by atoms with Crippen LogP contribution in [0.3, 0.4) is 0 Å². The van der Waals surface area contributed by atoms with Gasteiger partial charge in [0.25, 0.3) is 5.79 Å². The van der Waals surface area contributed by atoms with Gasteiger partial charge in [-0.2, -0.15) is 0 Å². The number of allylic oxidation sites excluding steroid dienone is 3. The van der Waals surface area contributed by atoms with E-state index in [0.29, 0.717) is 12.8 Å². The summed E-state index contributed by atoms with van der Waals surface area (Å²) in [4.78, 5) is 65.8. The van der Waals surface area contributed by atoms with Gasteiger partial charge in [-0.15, -0.1) is 0 Å². The molecule has 127 heavy (non-hydrogen) atoms. The van der Waals surface area contributed by atoms with Crippen LogP contribution in [0, 0.1) is 0 Å².